The number of thioether (sulfide) groups is 1. The van der Waals surface area contributed by atoms with E-state index in [0.717, 1.165) is 31.9 Å². The molecule has 0 aromatic carbocycles. The number of likely N-dealkylation sites (tertiary alicyclic amines) is 1. The van der Waals surface area contributed by atoms with Crippen LogP contribution in [0.3, 0.4) is 0 Å². The second-order valence-corrected chi connectivity index (χ2v) is 5.23. The molecule has 74 valence electrons. The molecule has 1 spiro atoms. The molecule has 2 saturated heterocycles. The van der Waals surface area contributed by atoms with E-state index >= 15 is 0 Å². The molecule has 0 aromatic rings. The lowest BCUT2D eigenvalue weighted by Crippen LogP contribution is -2.66. The Kier molecular flexibility index (Phi) is 2.28. The molecule has 4 heteroatoms. The number of likely N-dealkylation sites (N-methyl/N-ethyl adjacent to an activating group) is 1. The summed E-state index contributed by atoms with van der Waals surface area (Å²) in [6.07, 6.45) is 0. The Morgan fingerprint density at radius 3 is 2.77 bits per heavy atom. The topological polar surface area (TPSA) is 23.6 Å². The van der Waals surface area contributed by atoms with Crippen molar-refractivity contribution in [3.05, 3.63) is 0 Å². The van der Waals surface area contributed by atoms with E-state index in [4.69, 9.17) is 0 Å². The Labute approximate surface area is 83.5 Å². The van der Waals surface area contributed by atoms with E-state index < -0.39 is 0 Å². The van der Waals surface area contributed by atoms with Gasteiger partial charge in [-0.1, -0.05) is 6.92 Å². The van der Waals surface area contributed by atoms with Crippen LogP contribution in [0.25, 0.3) is 0 Å². The third-order valence-corrected chi connectivity index (χ3v) is 4.35. The van der Waals surface area contributed by atoms with Crippen LogP contribution in [0.2, 0.25) is 0 Å². The highest BCUT2D eigenvalue weighted by atomic mass is 32.2. The Hall–Kier alpha value is -0.220. The summed E-state index contributed by atoms with van der Waals surface area (Å²) in [7, 11) is 0. The van der Waals surface area contributed by atoms with Crippen molar-refractivity contribution in [2.45, 2.75) is 18.7 Å². The second kappa shape index (κ2) is 3.17. The van der Waals surface area contributed by atoms with E-state index in [2.05, 4.69) is 11.8 Å². The molecule has 1 amide bonds. The van der Waals surface area contributed by atoms with Crippen LogP contribution in [-0.4, -0.2) is 52.5 Å². The molecule has 2 heterocycles. The summed E-state index contributed by atoms with van der Waals surface area (Å²) >= 11 is 1.95. The van der Waals surface area contributed by atoms with Gasteiger partial charge in [0, 0.05) is 32.3 Å². The number of hydrogen-bond acceptors (Lipinski definition) is 3. The fourth-order valence-electron chi connectivity index (χ4n) is 2.19. The van der Waals surface area contributed by atoms with E-state index in [9.17, 15) is 4.79 Å². The van der Waals surface area contributed by atoms with Crippen LogP contribution in [0.15, 0.2) is 0 Å². The van der Waals surface area contributed by atoms with Crippen molar-refractivity contribution in [2.24, 2.45) is 0 Å². The van der Waals surface area contributed by atoms with Gasteiger partial charge in [0.05, 0.1) is 0 Å². The van der Waals surface area contributed by atoms with E-state index in [1.165, 1.54) is 0 Å². The molecule has 0 aliphatic carbocycles. The van der Waals surface area contributed by atoms with Gasteiger partial charge in [0.2, 0.25) is 5.91 Å². The third-order valence-electron chi connectivity index (χ3n) is 2.95. The first-order chi connectivity index (χ1) is 6.18. The number of carbonyl (C=O) groups is 1. The van der Waals surface area contributed by atoms with Crippen molar-refractivity contribution in [1.82, 2.24) is 9.80 Å². The molecule has 0 atom stereocenters. The minimum absolute atomic E-state index is 0.155. The maximum absolute atomic E-state index is 11.3. The maximum atomic E-state index is 11.3. The van der Waals surface area contributed by atoms with E-state index in [1.54, 1.807) is 6.92 Å². The van der Waals surface area contributed by atoms with Crippen molar-refractivity contribution in [3.63, 3.8) is 0 Å². The Morgan fingerprint density at radius 2 is 2.23 bits per heavy atom. The van der Waals surface area contributed by atoms with Crippen molar-refractivity contribution in [3.8, 4) is 0 Å². The predicted molar refractivity (Wildman–Crippen MR) is 54.7 cm³/mol. The van der Waals surface area contributed by atoms with Crippen LogP contribution in [0, 0.1) is 0 Å². The molecule has 13 heavy (non-hydrogen) atoms. The second-order valence-electron chi connectivity index (χ2n) is 3.77. The highest BCUT2D eigenvalue weighted by molar-refractivity contribution is 8.01. The van der Waals surface area contributed by atoms with Crippen LogP contribution in [0.4, 0.5) is 0 Å². The Morgan fingerprint density at radius 1 is 1.54 bits per heavy atom. The van der Waals surface area contributed by atoms with Crippen molar-refractivity contribution in [2.75, 3.05) is 31.9 Å². The van der Waals surface area contributed by atoms with Gasteiger partial charge in [0.25, 0.3) is 0 Å². The SMILES string of the molecule is CCN1CC2(C1)SCCN2C(C)=O. The first-order valence-corrected chi connectivity index (χ1v) is 5.81. The van der Waals surface area contributed by atoms with Gasteiger partial charge in [0.15, 0.2) is 0 Å². The molecule has 0 saturated carbocycles. The van der Waals surface area contributed by atoms with Gasteiger partial charge in [-0.25, -0.2) is 0 Å². The zero-order valence-corrected chi connectivity index (χ0v) is 9.06. The molecule has 3 nitrogen and oxygen atoms in total. The van der Waals surface area contributed by atoms with Gasteiger partial charge < -0.3 is 4.90 Å². The number of rotatable bonds is 1. The number of carbonyl (C=O) groups excluding carboxylic acids is 1. The lowest BCUT2D eigenvalue weighted by Gasteiger charge is -2.51. The first-order valence-electron chi connectivity index (χ1n) is 4.82. The zero-order chi connectivity index (χ0) is 9.47. The zero-order valence-electron chi connectivity index (χ0n) is 8.25. The normalized spacial score (nSPS) is 26.5. The molecule has 0 unspecified atom stereocenters. The summed E-state index contributed by atoms with van der Waals surface area (Å²) < 4.78 is 0. The standard InChI is InChI=1S/C9H16N2OS/c1-3-10-6-9(7-10)11(8(2)12)4-5-13-9/h3-7H2,1-2H3. The average Bonchev–Trinajstić information content (AvgIpc) is 2.44. The fraction of sp³-hybridized carbons (Fsp3) is 0.889. The van der Waals surface area contributed by atoms with E-state index in [-0.39, 0.29) is 10.8 Å². The lowest BCUT2D eigenvalue weighted by molar-refractivity contribution is -0.135. The quantitative estimate of drug-likeness (QED) is 0.620. The Balaban J connectivity index is 2.03. The molecule has 0 aromatic heterocycles. The number of nitrogens with zero attached hydrogens (tertiary/aromatic N) is 2. The molecule has 2 fully saturated rings. The number of amides is 1. The van der Waals surface area contributed by atoms with Gasteiger partial charge in [-0.05, 0) is 6.54 Å². The Bertz CT molecular complexity index is 226. The van der Waals surface area contributed by atoms with E-state index in [0.29, 0.717) is 0 Å². The van der Waals surface area contributed by atoms with Gasteiger partial charge in [0.1, 0.15) is 4.87 Å². The fourth-order valence-corrected chi connectivity index (χ4v) is 3.77. The van der Waals surface area contributed by atoms with Crippen LogP contribution >= 0.6 is 11.8 Å². The minimum Gasteiger partial charge on any atom is -0.325 e. The number of hydrogen-bond donors (Lipinski definition) is 0. The third kappa shape index (κ3) is 1.36. The predicted octanol–water partition coefficient (Wildman–Crippen LogP) is 0.614. The smallest absolute Gasteiger partial charge is 0.220 e. The summed E-state index contributed by atoms with van der Waals surface area (Å²) in [5.41, 5.74) is 0. The summed E-state index contributed by atoms with van der Waals surface area (Å²) in [4.78, 5) is 15.9. The molecule has 2 aliphatic rings. The first kappa shape index (κ1) is 9.34. The molecule has 0 N–H and O–H groups in total. The van der Waals surface area contributed by atoms with Gasteiger partial charge in [-0.3, -0.25) is 9.69 Å². The molecule has 0 radical (unpaired) electrons. The molecular weight excluding hydrogens is 184 g/mol. The molecule has 0 bridgehead atoms. The summed E-state index contributed by atoms with van der Waals surface area (Å²) in [6, 6.07) is 0. The monoisotopic (exact) mass is 200 g/mol. The molecular formula is C9H16N2OS. The van der Waals surface area contributed by atoms with E-state index in [1.807, 2.05) is 16.7 Å². The van der Waals surface area contributed by atoms with Crippen LogP contribution in [0.1, 0.15) is 13.8 Å². The van der Waals surface area contributed by atoms with Gasteiger partial charge in [-0.2, -0.15) is 0 Å². The van der Waals surface area contributed by atoms with Crippen LogP contribution in [-0.2, 0) is 4.79 Å². The molecule has 2 aliphatic heterocycles. The highest BCUT2D eigenvalue weighted by Gasteiger charge is 2.51. The highest BCUT2D eigenvalue weighted by Crippen LogP contribution is 2.42. The lowest BCUT2D eigenvalue weighted by atomic mass is 10.1. The average molecular weight is 200 g/mol. The van der Waals surface area contributed by atoms with Gasteiger partial charge >= 0.3 is 0 Å². The van der Waals surface area contributed by atoms with Crippen molar-refractivity contribution in [1.29, 1.82) is 0 Å². The van der Waals surface area contributed by atoms with Crippen LogP contribution in [0.5, 0.6) is 0 Å². The van der Waals surface area contributed by atoms with Crippen molar-refractivity contribution < 1.29 is 4.79 Å². The minimum atomic E-state index is 0.155. The summed E-state index contributed by atoms with van der Waals surface area (Å²) in [6.45, 7) is 8.03. The van der Waals surface area contributed by atoms with Crippen molar-refractivity contribution >= 4 is 17.7 Å². The van der Waals surface area contributed by atoms with Crippen LogP contribution < -0.4 is 0 Å². The van der Waals surface area contributed by atoms with Gasteiger partial charge in [-0.15, -0.1) is 11.8 Å². The maximum Gasteiger partial charge on any atom is 0.220 e. The summed E-state index contributed by atoms with van der Waals surface area (Å²) in [5, 5.41) is 0. The molecule has 2 rings (SSSR count). The largest absolute Gasteiger partial charge is 0.325 e. The summed E-state index contributed by atoms with van der Waals surface area (Å²) in [5.74, 6) is 1.35.